The van der Waals surface area contributed by atoms with Gasteiger partial charge in [-0.15, -0.1) is 0 Å². The van der Waals surface area contributed by atoms with Crippen molar-refractivity contribution in [2.24, 2.45) is 5.92 Å². The molecule has 3 aromatic rings. The second-order valence-corrected chi connectivity index (χ2v) is 8.14. The molecule has 2 N–H and O–H groups in total. The highest BCUT2D eigenvalue weighted by molar-refractivity contribution is 5.88. The van der Waals surface area contributed by atoms with Gasteiger partial charge >= 0.3 is 0 Å². The minimum absolute atomic E-state index is 0.247. The molecule has 0 spiro atoms. The lowest BCUT2D eigenvalue weighted by atomic mass is 10.00. The highest BCUT2D eigenvalue weighted by Gasteiger charge is 2.18. The van der Waals surface area contributed by atoms with Gasteiger partial charge in [-0.3, -0.25) is 4.98 Å². The maximum Gasteiger partial charge on any atom is 0.154 e. The Labute approximate surface area is 181 Å². The first-order valence-corrected chi connectivity index (χ1v) is 11.0. The van der Waals surface area contributed by atoms with E-state index in [1.807, 2.05) is 23.1 Å². The fourth-order valence-electron chi connectivity index (χ4n) is 4.31. The molecule has 0 saturated carbocycles. The number of benzene rings is 1. The number of morpholine rings is 1. The molecule has 1 aromatic carbocycles. The highest BCUT2D eigenvalue weighted by atomic mass is 19.1. The van der Waals surface area contributed by atoms with Crippen LogP contribution in [0.2, 0.25) is 0 Å². The van der Waals surface area contributed by atoms with Gasteiger partial charge in [0, 0.05) is 37.6 Å². The van der Waals surface area contributed by atoms with Gasteiger partial charge in [-0.2, -0.15) is 0 Å². The zero-order chi connectivity index (χ0) is 21.0. The fourth-order valence-corrected chi connectivity index (χ4v) is 4.31. The number of aromatic nitrogens is 3. The zero-order valence-corrected chi connectivity index (χ0v) is 17.5. The van der Waals surface area contributed by atoms with E-state index in [1.54, 1.807) is 18.5 Å². The van der Waals surface area contributed by atoms with Crippen LogP contribution in [0.3, 0.4) is 0 Å². The molecule has 31 heavy (non-hydrogen) atoms. The molecule has 2 aliphatic rings. The van der Waals surface area contributed by atoms with E-state index in [-0.39, 0.29) is 5.82 Å². The first kappa shape index (κ1) is 20.1. The highest BCUT2D eigenvalue weighted by Crippen LogP contribution is 2.29. The summed E-state index contributed by atoms with van der Waals surface area (Å²) >= 11 is 0. The normalized spacial score (nSPS) is 19.5. The van der Waals surface area contributed by atoms with Crippen molar-refractivity contribution in [3.05, 3.63) is 42.5 Å². The zero-order valence-electron chi connectivity index (χ0n) is 17.5. The van der Waals surface area contributed by atoms with Crippen molar-refractivity contribution in [3.63, 3.8) is 0 Å². The topological polar surface area (TPSA) is 75.2 Å². The SMILES string of the molecule is Fc1cc(-c2cc3nccnc3c(NCC3CCCNC3)n2)ccc1N1CCOCC1. The number of nitrogens with zero attached hydrogens (tertiary/aromatic N) is 4. The van der Waals surface area contributed by atoms with Crippen molar-refractivity contribution in [1.29, 1.82) is 0 Å². The predicted octanol–water partition coefficient (Wildman–Crippen LogP) is 3.08. The molecule has 2 fully saturated rings. The molecule has 7 nitrogen and oxygen atoms in total. The first-order chi connectivity index (χ1) is 15.3. The van der Waals surface area contributed by atoms with E-state index in [0.29, 0.717) is 49.4 Å². The number of anilines is 2. The summed E-state index contributed by atoms with van der Waals surface area (Å²) < 4.78 is 20.3. The van der Waals surface area contributed by atoms with Crippen molar-refractivity contribution >= 4 is 22.5 Å². The summed E-state index contributed by atoms with van der Waals surface area (Å²) in [5.41, 5.74) is 3.50. The minimum Gasteiger partial charge on any atom is -0.378 e. The third-order valence-electron chi connectivity index (χ3n) is 6.01. The third kappa shape index (κ3) is 4.45. The number of pyridine rings is 1. The van der Waals surface area contributed by atoms with E-state index >= 15 is 0 Å². The summed E-state index contributed by atoms with van der Waals surface area (Å²) in [6.07, 6.45) is 5.73. The number of rotatable bonds is 5. The predicted molar refractivity (Wildman–Crippen MR) is 120 cm³/mol. The molecular formula is C23H27FN6O. The second kappa shape index (κ2) is 9.11. The minimum atomic E-state index is -0.247. The van der Waals surface area contributed by atoms with Crippen LogP contribution in [0.5, 0.6) is 0 Å². The molecule has 4 heterocycles. The number of hydrogen-bond donors (Lipinski definition) is 2. The number of nitrogens with one attached hydrogen (secondary N) is 2. The summed E-state index contributed by atoms with van der Waals surface area (Å²) in [5, 5.41) is 6.92. The molecule has 0 bridgehead atoms. The standard InChI is InChI=1S/C23H27FN6O/c24-18-12-17(3-4-21(18)30-8-10-31-11-9-30)19-13-20-22(27-7-6-26-20)23(29-19)28-15-16-2-1-5-25-14-16/h3-4,6-7,12-13,16,25H,1-2,5,8-11,14-15H2,(H,28,29). The largest absolute Gasteiger partial charge is 0.378 e. The van der Waals surface area contributed by atoms with E-state index in [1.165, 1.54) is 12.8 Å². The van der Waals surface area contributed by atoms with Gasteiger partial charge in [0.15, 0.2) is 5.82 Å². The summed E-state index contributed by atoms with van der Waals surface area (Å²) in [4.78, 5) is 15.8. The van der Waals surface area contributed by atoms with E-state index in [2.05, 4.69) is 20.6 Å². The van der Waals surface area contributed by atoms with Crippen molar-refractivity contribution in [3.8, 4) is 11.3 Å². The van der Waals surface area contributed by atoms with E-state index < -0.39 is 0 Å². The Kier molecular flexibility index (Phi) is 5.90. The molecule has 2 aromatic heterocycles. The second-order valence-electron chi connectivity index (χ2n) is 8.14. The van der Waals surface area contributed by atoms with E-state index in [0.717, 1.165) is 36.2 Å². The Balaban J connectivity index is 1.44. The molecule has 5 rings (SSSR count). The van der Waals surface area contributed by atoms with E-state index in [4.69, 9.17) is 9.72 Å². The van der Waals surface area contributed by atoms with Crippen LogP contribution in [-0.4, -0.2) is 60.9 Å². The van der Waals surface area contributed by atoms with Crippen molar-refractivity contribution in [2.75, 3.05) is 56.2 Å². The van der Waals surface area contributed by atoms with Crippen LogP contribution >= 0.6 is 0 Å². The molecule has 162 valence electrons. The quantitative estimate of drug-likeness (QED) is 0.654. The molecule has 2 saturated heterocycles. The maximum absolute atomic E-state index is 15.0. The molecule has 1 unspecified atom stereocenters. The average molecular weight is 423 g/mol. The van der Waals surface area contributed by atoms with Crippen LogP contribution in [0, 0.1) is 11.7 Å². The Morgan fingerprint density at radius 2 is 2.03 bits per heavy atom. The van der Waals surface area contributed by atoms with Crippen molar-refractivity contribution < 1.29 is 9.13 Å². The molecule has 0 radical (unpaired) electrons. The molecule has 0 aliphatic carbocycles. The van der Waals surface area contributed by atoms with Crippen LogP contribution in [-0.2, 0) is 4.74 Å². The van der Waals surface area contributed by atoms with Crippen LogP contribution in [0.4, 0.5) is 15.9 Å². The molecule has 8 heteroatoms. The van der Waals surface area contributed by atoms with Gasteiger partial charge < -0.3 is 20.3 Å². The summed E-state index contributed by atoms with van der Waals surface area (Å²) in [5.74, 6) is 1.00. The van der Waals surface area contributed by atoms with Gasteiger partial charge in [-0.25, -0.2) is 14.4 Å². The summed E-state index contributed by atoms with van der Waals surface area (Å²) in [6.45, 7) is 5.55. The lowest BCUT2D eigenvalue weighted by molar-refractivity contribution is 0.122. The Hall–Kier alpha value is -2.84. The van der Waals surface area contributed by atoms with Gasteiger partial charge in [-0.1, -0.05) is 6.07 Å². The summed E-state index contributed by atoms with van der Waals surface area (Å²) in [6, 6.07) is 7.19. The summed E-state index contributed by atoms with van der Waals surface area (Å²) in [7, 11) is 0. The van der Waals surface area contributed by atoms with Gasteiger partial charge in [0.05, 0.1) is 30.1 Å². The Morgan fingerprint density at radius 3 is 2.84 bits per heavy atom. The number of piperidine rings is 1. The third-order valence-corrected chi connectivity index (χ3v) is 6.01. The molecular weight excluding hydrogens is 395 g/mol. The van der Waals surface area contributed by atoms with Crippen LogP contribution < -0.4 is 15.5 Å². The van der Waals surface area contributed by atoms with Crippen LogP contribution in [0.25, 0.3) is 22.3 Å². The van der Waals surface area contributed by atoms with Crippen molar-refractivity contribution in [2.45, 2.75) is 12.8 Å². The van der Waals surface area contributed by atoms with E-state index in [9.17, 15) is 4.39 Å². The van der Waals surface area contributed by atoms with Crippen molar-refractivity contribution in [1.82, 2.24) is 20.3 Å². The first-order valence-electron chi connectivity index (χ1n) is 11.0. The van der Waals surface area contributed by atoms with Crippen LogP contribution in [0.1, 0.15) is 12.8 Å². The Bertz CT molecular complexity index is 1050. The lowest BCUT2D eigenvalue weighted by Gasteiger charge is -2.29. The lowest BCUT2D eigenvalue weighted by Crippen LogP contribution is -2.36. The Morgan fingerprint density at radius 1 is 1.16 bits per heavy atom. The number of ether oxygens (including phenoxy) is 1. The van der Waals surface area contributed by atoms with Gasteiger partial charge in [0.1, 0.15) is 11.3 Å². The number of fused-ring (bicyclic) bond motifs is 1. The molecule has 0 amide bonds. The van der Waals surface area contributed by atoms with Crippen LogP contribution in [0.15, 0.2) is 36.7 Å². The monoisotopic (exact) mass is 422 g/mol. The molecule has 1 atom stereocenters. The maximum atomic E-state index is 15.0. The number of halogens is 1. The van der Waals surface area contributed by atoms with Gasteiger partial charge in [0.25, 0.3) is 0 Å². The smallest absolute Gasteiger partial charge is 0.154 e. The van der Waals surface area contributed by atoms with Gasteiger partial charge in [0.2, 0.25) is 0 Å². The average Bonchev–Trinajstić information content (AvgIpc) is 2.83. The fraction of sp³-hybridized carbons (Fsp3) is 0.435. The number of hydrogen-bond acceptors (Lipinski definition) is 7. The molecule has 2 aliphatic heterocycles. The van der Waals surface area contributed by atoms with Gasteiger partial charge in [-0.05, 0) is 50.0 Å².